The highest BCUT2D eigenvalue weighted by atomic mass is 19.4. The number of benzene rings is 2. The first-order valence-corrected chi connectivity index (χ1v) is 12.3. The Labute approximate surface area is 225 Å². The van der Waals surface area contributed by atoms with Crippen LogP contribution >= 0.6 is 0 Å². The zero-order valence-electron chi connectivity index (χ0n) is 22.5. The highest BCUT2D eigenvalue weighted by Gasteiger charge is 2.35. The van der Waals surface area contributed by atoms with Crippen LogP contribution in [0.3, 0.4) is 0 Å². The van der Waals surface area contributed by atoms with E-state index in [1.54, 1.807) is 44.2 Å². The number of carbonyl (C=O) groups is 1. The summed E-state index contributed by atoms with van der Waals surface area (Å²) in [7, 11) is 1.28. The number of rotatable bonds is 8. The summed E-state index contributed by atoms with van der Waals surface area (Å²) in [6.07, 6.45) is -1.26. The molecule has 2 N–H and O–H groups in total. The van der Waals surface area contributed by atoms with E-state index in [1.165, 1.54) is 17.7 Å². The van der Waals surface area contributed by atoms with E-state index in [-0.39, 0.29) is 12.2 Å². The highest BCUT2D eigenvalue weighted by Crippen LogP contribution is 2.34. The summed E-state index contributed by atoms with van der Waals surface area (Å²) in [4.78, 5) is 25.0. The van der Waals surface area contributed by atoms with Crippen molar-refractivity contribution in [2.75, 3.05) is 12.8 Å². The minimum atomic E-state index is -4.80. The third-order valence-corrected chi connectivity index (χ3v) is 6.23. The van der Waals surface area contributed by atoms with Gasteiger partial charge in [0.15, 0.2) is 0 Å². The van der Waals surface area contributed by atoms with E-state index in [0.29, 0.717) is 29.1 Å². The van der Waals surface area contributed by atoms with Crippen LogP contribution in [0.15, 0.2) is 71.2 Å². The molecule has 0 atom stereocenters. The molecule has 9 heteroatoms. The van der Waals surface area contributed by atoms with Gasteiger partial charge in [-0.25, -0.2) is 4.79 Å². The first kappa shape index (κ1) is 29.3. The number of nitrogens with zero attached hydrogens (tertiary/aromatic N) is 1. The number of halogens is 3. The molecule has 0 aliphatic carbocycles. The number of ether oxygens (including phenoxy) is 2. The van der Waals surface area contributed by atoms with E-state index in [0.717, 1.165) is 22.8 Å². The van der Waals surface area contributed by atoms with Crippen molar-refractivity contribution < 1.29 is 27.4 Å². The number of nitrogen functional groups attached to an aromatic ring is 1. The van der Waals surface area contributed by atoms with Crippen LogP contribution in [-0.2, 0) is 17.5 Å². The summed E-state index contributed by atoms with van der Waals surface area (Å²) < 4.78 is 53.2. The fraction of sp³-hybridized carbons (Fsp3) is 0.267. The molecule has 39 heavy (non-hydrogen) atoms. The summed E-state index contributed by atoms with van der Waals surface area (Å²) in [5, 5.41) is 0. The van der Waals surface area contributed by atoms with Gasteiger partial charge in [0.1, 0.15) is 17.2 Å². The van der Waals surface area contributed by atoms with Gasteiger partial charge in [-0.15, -0.1) is 0 Å². The molecule has 3 aromatic rings. The van der Waals surface area contributed by atoms with E-state index in [2.05, 4.69) is 0 Å². The number of aromatic nitrogens is 1. The third-order valence-electron chi connectivity index (χ3n) is 6.23. The largest absolute Gasteiger partial charge is 0.465 e. The number of pyridine rings is 1. The number of hydrogen-bond acceptors (Lipinski definition) is 5. The molecular weight excluding hydrogens is 509 g/mol. The maximum absolute atomic E-state index is 13.8. The van der Waals surface area contributed by atoms with Crippen molar-refractivity contribution in [3.05, 3.63) is 110 Å². The van der Waals surface area contributed by atoms with E-state index >= 15 is 0 Å². The van der Waals surface area contributed by atoms with Crippen LogP contribution in [0.2, 0.25) is 0 Å². The van der Waals surface area contributed by atoms with Gasteiger partial charge in [0.2, 0.25) is 0 Å². The van der Waals surface area contributed by atoms with Crippen LogP contribution in [0.25, 0.3) is 5.57 Å². The Kier molecular flexibility index (Phi) is 9.06. The van der Waals surface area contributed by atoms with E-state index in [4.69, 9.17) is 15.2 Å². The predicted octanol–water partition coefficient (Wildman–Crippen LogP) is 6.68. The highest BCUT2D eigenvalue weighted by molar-refractivity contribution is 5.89. The smallest absolute Gasteiger partial charge is 0.418 e. The van der Waals surface area contributed by atoms with Crippen LogP contribution in [0, 0.1) is 13.8 Å². The van der Waals surface area contributed by atoms with Gasteiger partial charge in [0.25, 0.3) is 5.56 Å². The molecule has 6 nitrogen and oxygen atoms in total. The van der Waals surface area contributed by atoms with Gasteiger partial charge in [-0.2, -0.15) is 13.2 Å². The number of esters is 1. The maximum atomic E-state index is 13.8. The molecule has 1 heterocycles. The first-order chi connectivity index (χ1) is 18.3. The van der Waals surface area contributed by atoms with Crippen LogP contribution in [0.4, 0.5) is 18.9 Å². The lowest BCUT2D eigenvalue weighted by atomic mass is 10.0. The van der Waals surface area contributed by atoms with Crippen molar-refractivity contribution in [2.45, 2.75) is 46.8 Å². The monoisotopic (exact) mass is 540 g/mol. The molecular formula is C30H31F3N2O4. The number of carbonyl (C=O) groups excluding carboxylic acids is 1. The average molecular weight is 541 g/mol. The molecule has 0 unspecified atom stereocenters. The van der Waals surface area contributed by atoms with Gasteiger partial charge in [-0.05, 0) is 74.2 Å². The van der Waals surface area contributed by atoms with Gasteiger partial charge >= 0.3 is 12.1 Å². The summed E-state index contributed by atoms with van der Waals surface area (Å²) in [5.74, 6) is 0.287. The summed E-state index contributed by atoms with van der Waals surface area (Å²) in [6.45, 7) is 7.33. The number of hydrogen-bond donors (Lipinski definition) is 1. The average Bonchev–Trinajstić information content (AvgIpc) is 2.88. The van der Waals surface area contributed by atoms with Gasteiger partial charge in [-0.1, -0.05) is 42.8 Å². The number of aryl methyl sites for hydroxylation is 2. The molecule has 0 bridgehead atoms. The minimum Gasteiger partial charge on any atom is -0.465 e. The minimum absolute atomic E-state index is 0.0550. The summed E-state index contributed by atoms with van der Waals surface area (Å²) in [5.41, 5.74) is 6.42. The van der Waals surface area contributed by atoms with Gasteiger partial charge in [0.05, 0.1) is 24.8 Å². The second kappa shape index (κ2) is 12.1. The van der Waals surface area contributed by atoms with Crippen LogP contribution in [0.5, 0.6) is 5.75 Å². The lowest BCUT2D eigenvalue weighted by molar-refractivity contribution is -0.137. The molecule has 0 amide bonds. The SMILES string of the molecule is CC/C(=C\C=C(/C)Oc1cccc(C(=O)OC)c1)c1cc(C(F)(F)F)c(N)c(=O)n1Cc1ccc(C)cc1C. The van der Waals surface area contributed by atoms with Gasteiger partial charge in [-0.3, -0.25) is 4.79 Å². The quantitative estimate of drug-likeness (QED) is 0.196. The number of methoxy groups -OCH3 is 1. The van der Waals surface area contributed by atoms with Crippen molar-refractivity contribution in [3.8, 4) is 5.75 Å². The normalized spacial score (nSPS) is 12.4. The van der Waals surface area contributed by atoms with Gasteiger partial charge in [0, 0.05) is 5.69 Å². The van der Waals surface area contributed by atoms with Crippen molar-refractivity contribution >= 4 is 17.2 Å². The Hall–Kier alpha value is -4.27. The molecule has 0 fully saturated rings. The molecule has 0 saturated heterocycles. The molecule has 1 aromatic heterocycles. The molecule has 0 aliphatic rings. The van der Waals surface area contributed by atoms with Crippen LogP contribution in [0.1, 0.15) is 58.6 Å². The Bertz CT molecular complexity index is 1500. The molecule has 2 aromatic carbocycles. The molecule has 206 valence electrons. The number of anilines is 1. The number of allylic oxidation sites excluding steroid dienone is 4. The first-order valence-electron chi connectivity index (χ1n) is 12.3. The molecule has 0 spiro atoms. The molecule has 3 rings (SSSR count). The second-order valence-corrected chi connectivity index (χ2v) is 9.12. The maximum Gasteiger partial charge on any atom is 0.418 e. The summed E-state index contributed by atoms with van der Waals surface area (Å²) >= 11 is 0. The Balaban J connectivity index is 2.09. The van der Waals surface area contributed by atoms with Gasteiger partial charge < -0.3 is 19.8 Å². The van der Waals surface area contributed by atoms with Crippen LogP contribution < -0.4 is 16.0 Å². The molecule has 0 radical (unpaired) electrons. The standard InChI is InChI=1S/C30H31F3N2O4/c1-6-21(13-11-20(4)39-24-9-7-8-22(15-24)29(37)38-5)26-16-25(30(31,32)33)27(34)28(36)35(26)17-23-12-10-18(2)14-19(23)3/h7-16H,6,17,34H2,1-5H3/b20-11+,21-13+. The van der Waals surface area contributed by atoms with Crippen molar-refractivity contribution in [2.24, 2.45) is 0 Å². The number of nitrogens with two attached hydrogens (primary N) is 1. The van der Waals surface area contributed by atoms with Crippen molar-refractivity contribution in [3.63, 3.8) is 0 Å². The third kappa shape index (κ3) is 6.98. The predicted molar refractivity (Wildman–Crippen MR) is 146 cm³/mol. The van der Waals surface area contributed by atoms with E-state index in [9.17, 15) is 22.8 Å². The lowest BCUT2D eigenvalue weighted by Crippen LogP contribution is -2.30. The molecule has 0 saturated carbocycles. The molecule has 0 aliphatic heterocycles. The van der Waals surface area contributed by atoms with Crippen molar-refractivity contribution in [1.82, 2.24) is 4.57 Å². The summed E-state index contributed by atoms with van der Waals surface area (Å²) in [6, 6.07) is 13.0. The Morgan fingerprint density at radius 1 is 1.08 bits per heavy atom. The Morgan fingerprint density at radius 2 is 1.79 bits per heavy atom. The van der Waals surface area contributed by atoms with Crippen molar-refractivity contribution in [1.29, 1.82) is 0 Å². The fourth-order valence-corrected chi connectivity index (χ4v) is 4.14. The van der Waals surface area contributed by atoms with E-state index < -0.39 is 29.0 Å². The topological polar surface area (TPSA) is 83.6 Å². The number of alkyl halides is 3. The Morgan fingerprint density at radius 3 is 2.41 bits per heavy atom. The van der Waals surface area contributed by atoms with Crippen LogP contribution in [-0.4, -0.2) is 17.6 Å². The zero-order valence-corrected chi connectivity index (χ0v) is 22.5. The van der Waals surface area contributed by atoms with E-state index in [1.807, 2.05) is 32.0 Å². The fourth-order valence-electron chi connectivity index (χ4n) is 4.14. The lowest BCUT2D eigenvalue weighted by Gasteiger charge is -2.20. The zero-order chi connectivity index (χ0) is 28.9. The second-order valence-electron chi connectivity index (χ2n) is 9.12.